The first-order valence-electron chi connectivity index (χ1n) is 4.14. The predicted molar refractivity (Wildman–Crippen MR) is 60.7 cm³/mol. The highest BCUT2D eigenvalue weighted by molar-refractivity contribution is 9.09. The second kappa shape index (κ2) is 5.42. The van der Waals surface area contributed by atoms with Gasteiger partial charge in [0.2, 0.25) is 0 Å². The molecule has 1 aromatic rings. The smallest absolute Gasteiger partial charge is 0.161 e. The van der Waals surface area contributed by atoms with Crippen molar-refractivity contribution in [3.63, 3.8) is 0 Å². The number of alkyl halides is 1. The Balaban J connectivity index is 3.27. The molecule has 0 saturated heterocycles. The molecule has 0 aliphatic carbocycles. The van der Waals surface area contributed by atoms with Crippen molar-refractivity contribution >= 4 is 22.2 Å². The molecule has 0 radical (unpaired) electrons. The van der Waals surface area contributed by atoms with Crippen LogP contribution in [0.15, 0.2) is 12.1 Å². The molecule has 0 bridgehead atoms. The van der Waals surface area contributed by atoms with Gasteiger partial charge in [0.25, 0.3) is 0 Å². The maximum atomic E-state index is 10.8. The predicted octanol–water partition coefficient (Wildman–Crippen LogP) is 1.96. The van der Waals surface area contributed by atoms with Gasteiger partial charge in [0.05, 0.1) is 12.4 Å². The van der Waals surface area contributed by atoms with Crippen LogP contribution in [0.5, 0.6) is 11.5 Å². The fourth-order valence-electron chi connectivity index (χ4n) is 1.08. The van der Waals surface area contributed by atoms with E-state index in [9.17, 15) is 9.90 Å². The molecule has 78 valence electrons. The third-order valence-electron chi connectivity index (χ3n) is 1.77. The van der Waals surface area contributed by atoms with Crippen molar-refractivity contribution < 1.29 is 14.6 Å². The van der Waals surface area contributed by atoms with E-state index in [-0.39, 0.29) is 11.5 Å². The number of phenolic OH excluding ortho intramolecular Hbond substituents is 1. The summed E-state index contributed by atoms with van der Waals surface area (Å²) >= 11 is 3.15. The summed E-state index contributed by atoms with van der Waals surface area (Å²) in [6, 6.07) is 2.87. The summed E-state index contributed by atoms with van der Waals surface area (Å²) in [5, 5.41) is 10.0. The van der Waals surface area contributed by atoms with Crippen LogP contribution < -0.4 is 4.74 Å². The number of aldehydes is 1. The van der Waals surface area contributed by atoms with Gasteiger partial charge >= 0.3 is 0 Å². The first-order valence-corrected chi connectivity index (χ1v) is 5.26. The molecular weight excluding hydrogens is 260 g/mol. The summed E-state index contributed by atoms with van der Waals surface area (Å²) in [5.74, 6) is 5.76. The van der Waals surface area contributed by atoms with E-state index in [2.05, 4.69) is 27.8 Å². The van der Waals surface area contributed by atoms with Crippen LogP contribution in [0, 0.1) is 11.8 Å². The molecule has 1 N–H and O–H groups in total. The zero-order valence-electron chi connectivity index (χ0n) is 8.08. The number of carbonyl (C=O) groups is 1. The highest BCUT2D eigenvalue weighted by atomic mass is 79.9. The zero-order chi connectivity index (χ0) is 11.3. The van der Waals surface area contributed by atoms with Gasteiger partial charge < -0.3 is 9.84 Å². The van der Waals surface area contributed by atoms with Crippen molar-refractivity contribution in [1.29, 1.82) is 0 Å². The molecule has 0 aromatic heterocycles. The number of hydrogen-bond acceptors (Lipinski definition) is 3. The fraction of sp³-hybridized carbons (Fsp3) is 0.182. The van der Waals surface area contributed by atoms with Gasteiger partial charge in [-0.25, -0.2) is 0 Å². The Morgan fingerprint density at radius 3 is 2.87 bits per heavy atom. The van der Waals surface area contributed by atoms with Crippen LogP contribution in [-0.4, -0.2) is 23.8 Å². The number of hydrogen-bond donors (Lipinski definition) is 1. The molecule has 0 amide bonds. The van der Waals surface area contributed by atoms with E-state index in [1.54, 1.807) is 0 Å². The molecule has 0 spiro atoms. The largest absolute Gasteiger partial charge is 0.504 e. The average molecular weight is 269 g/mol. The highest BCUT2D eigenvalue weighted by Crippen LogP contribution is 2.28. The summed E-state index contributed by atoms with van der Waals surface area (Å²) < 4.78 is 4.88. The summed E-state index contributed by atoms with van der Waals surface area (Å²) in [5.41, 5.74) is 0.890. The molecule has 0 aliphatic heterocycles. The van der Waals surface area contributed by atoms with Crippen LogP contribution in [0.4, 0.5) is 0 Å². The van der Waals surface area contributed by atoms with Crippen molar-refractivity contribution in [2.45, 2.75) is 0 Å². The Kier molecular flexibility index (Phi) is 4.19. The van der Waals surface area contributed by atoms with Crippen molar-refractivity contribution in [2.24, 2.45) is 0 Å². The molecule has 1 rings (SSSR count). The fourth-order valence-corrected chi connectivity index (χ4v) is 1.22. The van der Waals surface area contributed by atoms with Gasteiger partial charge in [-0.1, -0.05) is 27.8 Å². The van der Waals surface area contributed by atoms with Gasteiger partial charge in [-0.3, -0.25) is 4.79 Å². The second-order valence-electron chi connectivity index (χ2n) is 2.66. The van der Waals surface area contributed by atoms with Crippen molar-refractivity contribution in [3.05, 3.63) is 23.3 Å². The molecule has 0 aliphatic rings. The molecule has 0 heterocycles. The first kappa shape index (κ1) is 11.6. The number of ether oxygens (including phenoxy) is 1. The van der Waals surface area contributed by atoms with Crippen LogP contribution in [0.2, 0.25) is 0 Å². The van der Waals surface area contributed by atoms with E-state index in [0.29, 0.717) is 22.7 Å². The molecule has 0 atom stereocenters. The third kappa shape index (κ3) is 2.74. The first-order chi connectivity index (χ1) is 7.22. The number of rotatable bonds is 2. The maximum Gasteiger partial charge on any atom is 0.161 e. The number of phenols is 1. The lowest BCUT2D eigenvalue weighted by Crippen LogP contribution is -1.91. The van der Waals surface area contributed by atoms with Crippen LogP contribution in [-0.2, 0) is 0 Å². The average Bonchev–Trinajstić information content (AvgIpc) is 2.26. The summed E-state index contributed by atoms with van der Waals surface area (Å²) in [6.45, 7) is 0. The minimum absolute atomic E-state index is 0.0260. The molecule has 0 unspecified atom stereocenters. The standard InChI is InChI=1S/C11H9BrO3/c1-15-11-6-9(7-13)8(3-2-4-12)5-10(11)14/h5-7,14H,4H2,1H3. The molecule has 0 fully saturated rings. The minimum atomic E-state index is -0.0260. The SMILES string of the molecule is COc1cc(C=O)c(C#CCBr)cc1O. The lowest BCUT2D eigenvalue weighted by molar-refractivity contribution is 0.112. The minimum Gasteiger partial charge on any atom is -0.504 e. The van der Waals surface area contributed by atoms with Crippen molar-refractivity contribution in [1.82, 2.24) is 0 Å². The Morgan fingerprint density at radius 2 is 2.33 bits per heavy atom. The second-order valence-corrected chi connectivity index (χ2v) is 3.23. The van der Waals surface area contributed by atoms with E-state index >= 15 is 0 Å². The lowest BCUT2D eigenvalue weighted by Gasteiger charge is -2.05. The molecule has 4 heteroatoms. The Morgan fingerprint density at radius 1 is 1.60 bits per heavy atom. The van der Waals surface area contributed by atoms with E-state index < -0.39 is 0 Å². The molecule has 1 aromatic carbocycles. The molecule has 0 saturated carbocycles. The summed E-state index contributed by atoms with van der Waals surface area (Å²) in [7, 11) is 1.42. The quantitative estimate of drug-likeness (QED) is 0.507. The van der Waals surface area contributed by atoms with Crippen LogP contribution in [0.25, 0.3) is 0 Å². The number of carbonyl (C=O) groups excluding carboxylic acids is 1. The Hall–Kier alpha value is -1.47. The van der Waals surface area contributed by atoms with Gasteiger partial charge in [-0.2, -0.15) is 0 Å². The van der Waals surface area contributed by atoms with Crippen LogP contribution in [0.3, 0.4) is 0 Å². The molecule has 15 heavy (non-hydrogen) atoms. The monoisotopic (exact) mass is 268 g/mol. The van der Waals surface area contributed by atoms with Crippen LogP contribution in [0.1, 0.15) is 15.9 Å². The van der Waals surface area contributed by atoms with E-state index in [0.717, 1.165) is 0 Å². The third-order valence-corrected chi connectivity index (χ3v) is 2.05. The van der Waals surface area contributed by atoms with E-state index in [1.165, 1.54) is 19.2 Å². The Labute approximate surface area is 96.2 Å². The molecular formula is C11H9BrO3. The Bertz CT molecular complexity index is 429. The summed E-state index contributed by atoms with van der Waals surface area (Å²) in [6.07, 6.45) is 0.681. The number of methoxy groups -OCH3 is 1. The lowest BCUT2D eigenvalue weighted by atomic mass is 10.1. The zero-order valence-corrected chi connectivity index (χ0v) is 9.67. The van der Waals surface area contributed by atoms with E-state index in [4.69, 9.17) is 4.74 Å². The molecule has 3 nitrogen and oxygen atoms in total. The topological polar surface area (TPSA) is 46.5 Å². The normalized spacial score (nSPS) is 8.93. The number of aromatic hydroxyl groups is 1. The van der Waals surface area contributed by atoms with Crippen molar-refractivity contribution in [3.8, 4) is 23.3 Å². The van der Waals surface area contributed by atoms with Crippen molar-refractivity contribution in [2.75, 3.05) is 12.4 Å². The highest BCUT2D eigenvalue weighted by Gasteiger charge is 2.07. The van der Waals surface area contributed by atoms with Gasteiger partial charge in [-0.15, -0.1) is 0 Å². The van der Waals surface area contributed by atoms with Gasteiger partial charge in [-0.05, 0) is 6.07 Å². The van der Waals surface area contributed by atoms with E-state index in [1.807, 2.05) is 0 Å². The van der Waals surface area contributed by atoms with Crippen LogP contribution >= 0.6 is 15.9 Å². The maximum absolute atomic E-state index is 10.8. The number of halogens is 1. The van der Waals surface area contributed by atoms with Gasteiger partial charge in [0, 0.05) is 17.2 Å². The number of benzene rings is 1. The van der Waals surface area contributed by atoms with Gasteiger partial charge in [0.15, 0.2) is 17.8 Å². The summed E-state index contributed by atoms with van der Waals surface area (Å²) in [4.78, 5) is 10.8. The van der Waals surface area contributed by atoms with Gasteiger partial charge in [0.1, 0.15) is 0 Å².